The SMILES string of the molecule is C=C(C)CC(O)CCc1cccnc1. The standard InChI is InChI=1S/C12H17NO/c1-10(2)8-12(14)6-5-11-4-3-7-13-9-11/h3-4,7,9,12,14H,1,5-6,8H2,2H3. The smallest absolute Gasteiger partial charge is 0.0580 e. The third kappa shape index (κ3) is 4.19. The van der Waals surface area contributed by atoms with E-state index < -0.39 is 0 Å². The van der Waals surface area contributed by atoms with E-state index >= 15 is 0 Å². The van der Waals surface area contributed by atoms with Crippen LogP contribution in [0.15, 0.2) is 36.7 Å². The van der Waals surface area contributed by atoms with Gasteiger partial charge in [-0.2, -0.15) is 0 Å². The summed E-state index contributed by atoms with van der Waals surface area (Å²) in [6, 6.07) is 3.95. The molecule has 0 radical (unpaired) electrons. The molecule has 0 fully saturated rings. The lowest BCUT2D eigenvalue weighted by Crippen LogP contribution is -2.08. The molecular formula is C12H17NO. The number of aromatic nitrogens is 1. The van der Waals surface area contributed by atoms with Crippen molar-refractivity contribution in [1.29, 1.82) is 0 Å². The van der Waals surface area contributed by atoms with Gasteiger partial charge in [-0.25, -0.2) is 0 Å². The highest BCUT2D eigenvalue weighted by Crippen LogP contribution is 2.09. The van der Waals surface area contributed by atoms with Crippen LogP contribution in [0.4, 0.5) is 0 Å². The molecule has 0 aliphatic carbocycles. The van der Waals surface area contributed by atoms with E-state index in [2.05, 4.69) is 11.6 Å². The average Bonchev–Trinajstić information content (AvgIpc) is 2.15. The third-order valence-electron chi connectivity index (χ3n) is 2.07. The molecule has 14 heavy (non-hydrogen) atoms. The van der Waals surface area contributed by atoms with Crippen LogP contribution in [-0.2, 0) is 6.42 Å². The predicted molar refractivity (Wildman–Crippen MR) is 58.0 cm³/mol. The zero-order valence-corrected chi connectivity index (χ0v) is 8.61. The second kappa shape index (κ2) is 5.55. The topological polar surface area (TPSA) is 33.1 Å². The first-order valence-corrected chi connectivity index (χ1v) is 4.90. The van der Waals surface area contributed by atoms with Crippen molar-refractivity contribution in [2.75, 3.05) is 0 Å². The molecule has 0 aliphatic heterocycles. The van der Waals surface area contributed by atoms with Crippen molar-refractivity contribution in [2.24, 2.45) is 0 Å². The number of aliphatic hydroxyl groups is 1. The molecule has 1 rings (SSSR count). The summed E-state index contributed by atoms with van der Waals surface area (Å²) in [4.78, 5) is 4.02. The molecule has 1 aromatic heterocycles. The van der Waals surface area contributed by atoms with Crippen LogP contribution in [0, 0.1) is 0 Å². The van der Waals surface area contributed by atoms with Gasteiger partial charge in [0.25, 0.3) is 0 Å². The van der Waals surface area contributed by atoms with E-state index in [4.69, 9.17) is 0 Å². The fourth-order valence-corrected chi connectivity index (χ4v) is 1.38. The number of hydrogen-bond acceptors (Lipinski definition) is 2. The Balaban J connectivity index is 2.30. The van der Waals surface area contributed by atoms with Crippen LogP contribution >= 0.6 is 0 Å². The van der Waals surface area contributed by atoms with Crippen molar-refractivity contribution in [3.8, 4) is 0 Å². The third-order valence-corrected chi connectivity index (χ3v) is 2.07. The van der Waals surface area contributed by atoms with Crippen molar-refractivity contribution in [1.82, 2.24) is 4.98 Å². The maximum atomic E-state index is 9.60. The molecule has 76 valence electrons. The van der Waals surface area contributed by atoms with E-state index in [-0.39, 0.29) is 6.10 Å². The molecule has 0 bridgehead atoms. The van der Waals surface area contributed by atoms with Crippen molar-refractivity contribution in [3.63, 3.8) is 0 Å². The summed E-state index contributed by atoms with van der Waals surface area (Å²) in [5.74, 6) is 0. The highest BCUT2D eigenvalue weighted by Gasteiger charge is 2.04. The normalized spacial score (nSPS) is 12.4. The van der Waals surface area contributed by atoms with Gasteiger partial charge in [0, 0.05) is 12.4 Å². The van der Waals surface area contributed by atoms with Gasteiger partial charge in [0.15, 0.2) is 0 Å². The second-order valence-corrected chi connectivity index (χ2v) is 3.72. The fraction of sp³-hybridized carbons (Fsp3) is 0.417. The predicted octanol–water partition coefficient (Wildman–Crippen LogP) is 2.34. The van der Waals surface area contributed by atoms with E-state index in [0.717, 1.165) is 18.4 Å². The van der Waals surface area contributed by atoms with Crippen LogP contribution in [0.5, 0.6) is 0 Å². The summed E-state index contributed by atoms with van der Waals surface area (Å²) in [6.07, 6.45) is 5.68. The van der Waals surface area contributed by atoms with Crippen LogP contribution in [0.1, 0.15) is 25.3 Å². The minimum absolute atomic E-state index is 0.271. The van der Waals surface area contributed by atoms with E-state index in [1.165, 1.54) is 5.56 Å². The molecule has 1 aromatic rings. The first-order chi connectivity index (χ1) is 6.68. The minimum atomic E-state index is -0.271. The van der Waals surface area contributed by atoms with Gasteiger partial charge in [-0.1, -0.05) is 11.6 Å². The Bertz CT molecular complexity index is 282. The molecule has 0 aliphatic rings. The Morgan fingerprint density at radius 2 is 2.43 bits per heavy atom. The molecule has 2 nitrogen and oxygen atoms in total. The van der Waals surface area contributed by atoms with Gasteiger partial charge in [0.05, 0.1) is 6.10 Å². The second-order valence-electron chi connectivity index (χ2n) is 3.72. The van der Waals surface area contributed by atoms with Crippen molar-refractivity contribution in [2.45, 2.75) is 32.3 Å². The molecule has 1 unspecified atom stereocenters. The molecule has 1 N–H and O–H groups in total. The number of aryl methyl sites for hydroxylation is 1. The molecule has 0 aromatic carbocycles. The first kappa shape index (κ1) is 10.9. The lowest BCUT2D eigenvalue weighted by atomic mass is 10.0. The molecular weight excluding hydrogens is 174 g/mol. The number of hydrogen-bond donors (Lipinski definition) is 1. The monoisotopic (exact) mass is 191 g/mol. The van der Waals surface area contributed by atoms with E-state index in [9.17, 15) is 5.11 Å². The maximum Gasteiger partial charge on any atom is 0.0580 e. The summed E-state index contributed by atoms with van der Waals surface area (Å²) in [7, 11) is 0. The molecule has 2 heteroatoms. The lowest BCUT2D eigenvalue weighted by molar-refractivity contribution is 0.165. The van der Waals surface area contributed by atoms with Gasteiger partial charge >= 0.3 is 0 Å². The zero-order chi connectivity index (χ0) is 10.4. The molecule has 1 atom stereocenters. The van der Waals surface area contributed by atoms with Crippen LogP contribution in [0.25, 0.3) is 0 Å². The van der Waals surface area contributed by atoms with E-state index in [0.29, 0.717) is 6.42 Å². The molecule has 0 saturated heterocycles. The molecule has 1 heterocycles. The summed E-state index contributed by atoms with van der Waals surface area (Å²) in [5.41, 5.74) is 2.21. The highest BCUT2D eigenvalue weighted by molar-refractivity contribution is 5.08. The summed E-state index contributed by atoms with van der Waals surface area (Å²) >= 11 is 0. The Labute approximate surface area is 85.3 Å². The Kier molecular flexibility index (Phi) is 4.33. The molecule has 0 saturated carbocycles. The summed E-state index contributed by atoms with van der Waals surface area (Å²) < 4.78 is 0. The van der Waals surface area contributed by atoms with Crippen molar-refractivity contribution >= 4 is 0 Å². The van der Waals surface area contributed by atoms with Crippen molar-refractivity contribution < 1.29 is 5.11 Å². The Hall–Kier alpha value is -1.15. The average molecular weight is 191 g/mol. The molecule has 0 spiro atoms. The van der Waals surface area contributed by atoms with Gasteiger partial charge in [0.1, 0.15) is 0 Å². The Morgan fingerprint density at radius 3 is 3.00 bits per heavy atom. The van der Waals surface area contributed by atoms with Crippen LogP contribution in [-0.4, -0.2) is 16.2 Å². The van der Waals surface area contributed by atoms with E-state index in [1.807, 2.05) is 25.3 Å². The van der Waals surface area contributed by atoms with Crippen LogP contribution in [0.3, 0.4) is 0 Å². The number of rotatable bonds is 5. The van der Waals surface area contributed by atoms with E-state index in [1.54, 1.807) is 6.20 Å². The van der Waals surface area contributed by atoms with Gasteiger partial charge in [0.2, 0.25) is 0 Å². The van der Waals surface area contributed by atoms with Gasteiger partial charge < -0.3 is 5.11 Å². The lowest BCUT2D eigenvalue weighted by Gasteiger charge is -2.09. The fourth-order valence-electron chi connectivity index (χ4n) is 1.38. The maximum absolute atomic E-state index is 9.60. The zero-order valence-electron chi connectivity index (χ0n) is 8.61. The van der Waals surface area contributed by atoms with Gasteiger partial charge in [-0.3, -0.25) is 4.98 Å². The number of aliphatic hydroxyl groups excluding tert-OH is 1. The van der Waals surface area contributed by atoms with Gasteiger partial charge in [-0.15, -0.1) is 6.58 Å². The first-order valence-electron chi connectivity index (χ1n) is 4.90. The van der Waals surface area contributed by atoms with Crippen LogP contribution < -0.4 is 0 Å². The van der Waals surface area contributed by atoms with Gasteiger partial charge in [-0.05, 0) is 37.8 Å². The van der Waals surface area contributed by atoms with Crippen molar-refractivity contribution in [3.05, 3.63) is 42.2 Å². The number of pyridine rings is 1. The Morgan fingerprint density at radius 1 is 1.64 bits per heavy atom. The summed E-state index contributed by atoms with van der Waals surface area (Å²) in [6.45, 7) is 5.72. The minimum Gasteiger partial charge on any atom is -0.393 e. The molecule has 0 amide bonds. The quantitative estimate of drug-likeness (QED) is 0.725. The van der Waals surface area contributed by atoms with Crippen LogP contribution in [0.2, 0.25) is 0 Å². The number of nitrogens with zero attached hydrogens (tertiary/aromatic N) is 1. The largest absolute Gasteiger partial charge is 0.393 e. The highest BCUT2D eigenvalue weighted by atomic mass is 16.3. The summed E-state index contributed by atoms with van der Waals surface area (Å²) in [5, 5.41) is 9.60.